The maximum atomic E-state index is 14.0. The third-order valence-corrected chi connectivity index (χ3v) is 10.4. The van der Waals surface area contributed by atoms with Gasteiger partial charge >= 0.3 is 5.97 Å². The molecular weight excluding hydrogens is 536 g/mol. The maximum Gasteiger partial charge on any atom is 0.316 e. The Bertz CT molecular complexity index is 1140. The number of aliphatic hydroxyl groups is 3. The van der Waals surface area contributed by atoms with Gasteiger partial charge in [-0.05, 0) is 54.7 Å². The standard InChI is InChI=1S/C34H50O8/c1-7-20(3)30-21(4)11-12-33(42-30)17-26-15-25(41-33)16-28(35)22(5)13-19(2)9-8-10-24-18-39-31-29(36)23(6)14-27(32(37)40-26)34(24,31)38/h8-10,13-14,19-21,25-31,35-36,38H,7,11-12,15-18H2,1-6H3/b9-8+,22-13-,24-10+/t19-,20-,21-,25-,26-,27-,28?,29+,30+,31+,33+,34+/m0/s1. The summed E-state index contributed by atoms with van der Waals surface area (Å²) in [5, 5.41) is 34.2. The van der Waals surface area contributed by atoms with E-state index in [1.54, 1.807) is 19.1 Å². The molecule has 3 saturated heterocycles. The first-order chi connectivity index (χ1) is 19.9. The SMILES string of the molecule is CC[C@H](C)[C@H]1O[C@]2(CC[C@@H]1C)C[C@@H]1C[C@@H](CC(O)/C(C)=C\[C@@H](C)/C=C/C=C3\CO[C@@H]4[C@H](O)C(C)=C[C@@H](C(=O)O1)[C@]34O)O2. The van der Waals surface area contributed by atoms with Crippen molar-refractivity contribution in [2.24, 2.45) is 23.7 Å². The molecule has 8 nitrogen and oxygen atoms in total. The number of esters is 1. The molecular formula is C34H50O8. The average molecular weight is 587 g/mol. The number of carbonyl (C=O) groups is 1. The normalized spacial score (nSPS) is 48.6. The Kier molecular flexibility index (Phi) is 9.25. The molecule has 4 heterocycles. The lowest BCUT2D eigenvalue weighted by Crippen LogP contribution is -2.58. The molecule has 1 spiro atoms. The van der Waals surface area contributed by atoms with Gasteiger partial charge in [-0.25, -0.2) is 0 Å². The van der Waals surface area contributed by atoms with Gasteiger partial charge in [0.2, 0.25) is 0 Å². The summed E-state index contributed by atoms with van der Waals surface area (Å²) in [7, 11) is 0. The van der Waals surface area contributed by atoms with Crippen molar-refractivity contribution in [1.29, 1.82) is 0 Å². The number of fused-ring (bicyclic) bond motifs is 2. The zero-order chi connectivity index (χ0) is 30.4. The lowest BCUT2D eigenvalue weighted by Gasteiger charge is -2.51. The van der Waals surface area contributed by atoms with Crippen molar-refractivity contribution in [2.75, 3.05) is 6.61 Å². The number of ether oxygens (including phenoxy) is 4. The molecule has 5 aliphatic rings. The monoisotopic (exact) mass is 586 g/mol. The van der Waals surface area contributed by atoms with Crippen molar-refractivity contribution < 1.29 is 39.1 Å². The summed E-state index contributed by atoms with van der Waals surface area (Å²) in [4.78, 5) is 14.0. The summed E-state index contributed by atoms with van der Waals surface area (Å²) in [6, 6.07) is 0. The first-order valence-corrected chi connectivity index (χ1v) is 15.9. The molecule has 0 aromatic rings. The summed E-state index contributed by atoms with van der Waals surface area (Å²) < 4.78 is 25.6. The Balaban J connectivity index is 1.53. The van der Waals surface area contributed by atoms with Crippen LogP contribution in [0.3, 0.4) is 0 Å². The Labute approximate surface area is 250 Å². The Morgan fingerprint density at radius 3 is 2.57 bits per heavy atom. The molecule has 3 fully saturated rings. The van der Waals surface area contributed by atoms with E-state index in [2.05, 4.69) is 20.8 Å². The van der Waals surface area contributed by atoms with Crippen LogP contribution in [0.1, 0.15) is 80.1 Å². The van der Waals surface area contributed by atoms with Gasteiger partial charge < -0.3 is 34.3 Å². The van der Waals surface area contributed by atoms with E-state index in [4.69, 9.17) is 18.9 Å². The predicted octanol–water partition coefficient (Wildman–Crippen LogP) is 4.53. The minimum Gasteiger partial charge on any atom is -0.462 e. The van der Waals surface area contributed by atoms with E-state index in [1.807, 2.05) is 32.1 Å². The van der Waals surface area contributed by atoms with E-state index in [0.717, 1.165) is 18.4 Å². The number of hydrogen-bond donors (Lipinski definition) is 3. The average Bonchev–Trinajstić information content (AvgIpc) is 3.28. The predicted molar refractivity (Wildman–Crippen MR) is 158 cm³/mol. The number of carbonyl (C=O) groups excluding carboxylic acids is 1. The largest absolute Gasteiger partial charge is 0.462 e. The zero-order valence-corrected chi connectivity index (χ0v) is 26.0. The minimum absolute atomic E-state index is 0.0165. The van der Waals surface area contributed by atoms with Gasteiger partial charge in [-0.15, -0.1) is 0 Å². The molecule has 0 saturated carbocycles. The number of aliphatic hydroxyl groups excluding tert-OH is 2. The minimum atomic E-state index is -1.73. The first kappa shape index (κ1) is 31.6. The Morgan fingerprint density at radius 2 is 1.83 bits per heavy atom. The van der Waals surface area contributed by atoms with E-state index in [-0.39, 0.29) is 24.7 Å². The molecule has 5 rings (SSSR count). The van der Waals surface area contributed by atoms with Gasteiger partial charge in [-0.2, -0.15) is 0 Å². The van der Waals surface area contributed by atoms with E-state index < -0.39 is 47.7 Å². The second-order valence-electron chi connectivity index (χ2n) is 13.6. The zero-order valence-electron chi connectivity index (χ0n) is 26.0. The van der Waals surface area contributed by atoms with E-state index in [9.17, 15) is 20.1 Å². The number of hydrogen-bond acceptors (Lipinski definition) is 8. The fourth-order valence-electron chi connectivity index (χ4n) is 7.61. The van der Waals surface area contributed by atoms with Crippen LogP contribution in [0.25, 0.3) is 0 Å². The van der Waals surface area contributed by atoms with Gasteiger partial charge in [0.05, 0.1) is 24.9 Å². The molecule has 0 aromatic heterocycles. The van der Waals surface area contributed by atoms with Gasteiger partial charge in [0.1, 0.15) is 29.8 Å². The molecule has 1 aliphatic carbocycles. The van der Waals surface area contributed by atoms with Crippen LogP contribution in [0, 0.1) is 23.7 Å². The molecule has 0 amide bonds. The van der Waals surface area contributed by atoms with Crippen LogP contribution in [-0.2, 0) is 23.7 Å². The summed E-state index contributed by atoms with van der Waals surface area (Å²) in [6.45, 7) is 12.4. The molecule has 42 heavy (non-hydrogen) atoms. The molecule has 8 heteroatoms. The van der Waals surface area contributed by atoms with Gasteiger partial charge in [-0.3, -0.25) is 4.79 Å². The van der Waals surface area contributed by atoms with Crippen LogP contribution in [-0.4, -0.2) is 75.9 Å². The van der Waals surface area contributed by atoms with Crippen LogP contribution >= 0.6 is 0 Å². The van der Waals surface area contributed by atoms with Crippen molar-refractivity contribution in [3.8, 4) is 0 Å². The summed E-state index contributed by atoms with van der Waals surface area (Å²) in [5.41, 5.74) is 0.204. The third kappa shape index (κ3) is 5.95. The molecule has 4 aliphatic heterocycles. The van der Waals surface area contributed by atoms with Crippen molar-refractivity contribution >= 4 is 5.97 Å². The summed E-state index contributed by atoms with van der Waals surface area (Å²) >= 11 is 0. The molecule has 234 valence electrons. The van der Waals surface area contributed by atoms with Gasteiger partial charge in [-0.1, -0.05) is 64.5 Å². The summed E-state index contributed by atoms with van der Waals surface area (Å²) in [6.07, 6.45) is 9.39. The highest BCUT2D eigenvalue weighted by Crippen LogP contribution is 2.48. The molecule has 12 atom stereocenters. The second-order valence-corrected chi connectivity index (χ2v) is 13.6. The van der Waals surface area contributed by atoms with Crippen molar-refractivity contribution in [3.05, 3.63) is 47.1 Å². The fourth-order valence-corrected chi connectivity index (χ4v) is 7.61. The second kappa shape index (κ2) is 12.3. The number of rotatable bonds is 2. The van der Waals surface area contributed by atoms with E-state index in [0.29, 0.717) is 48.7 Å². The smallest absolute Gasteiger partial charge is 0.316 e. The Hall–Kier alpha value is -1.81. The van der Waals surface area contributed by atoms with Crippen LogP contribution in [0.4, 0.5) is 0 Å². The molecule has 2 bridgehead atoms. The molecule has 0 radical (unpaired) electrons. The van der Waals surface area contributed by atoms with Gasteiger partial charge in [0.25, 0.3) is 0 Å². The maximum absolute atomic E-state index is 14.0. The van der Waals surface area contributed by atoms with Gasteiger partial charge in [0, 0.05) is 25.7 Å². The highest BCUT2D eigenvalue weighted by molar-refractivity contribution is 5.78. The molecule has 0 aromatic carbocycles. The molecule has 1 unspecified atom stereocenters. The highest BCUT2D eigenvalue weighted by Gasteiger charge is 2.60. The van der Waals surface area contributed by atoms with E-state index in [1.165, 1.54) is 0 Å². The lowest BCUT2D eigenvalue weighted by atomic mass is 9.71. The molecule has 3 N–H and O–H groups in total. The van der Waals surface area contributed by atoms with Crippen molar-refractivity contribution in [3.63, 3.8) is 0 Å². The topological polar surface area (TPSA) is 115 Å². The summed E-state index contributed by atoms with van der Waals surface area (Å²) in [5.74, 6) is -1.77. The highest BCUT2D eigenvalue weighted by atomic mass is 16.7. The first-order valence-electron chi connectivity index (χ1n) is 15.9. The van der Waals surface area contributed by atoms with Crippen LogP contribution in [0.5, 0.6) is 0 Å². The van der Waals surface area contributed by atoms with Crippen LogP contribution in [0.15, 0.2) is 47.1 Å². The number of allylic oxidation sites excluding steroid dienone is 4. The van der Waals surface area contributed by atoms with Gasteiger partial charge in [0.15, 0.2) is 5.79 Å². The van der Waals surface area contributed by atoms with Crippen LogP contribution in [0.2, 0.25) is 0 Å². The Morgan fingerprint density at radius 1 is 1.07 bits per heavy atom. The van der Waals surface area contributed by atoms with Crippen molar-refractivity contribution in [2.45, 2.75) is 128 Å². The van der Waals surface area contributed by atoms with Crippen LogP contribution < -0.4 is 0 Å². The fraction of sp³-hybridized carbons (Fsp3) is 0.735. The van der Waals surface area contributed by atoms with E-state index >= 15 is 0 Å². The third-order valence-electron chi connectivity index (χ3n) is 10.4. The van der Waals surface area contributed by atoms with Crippen molar-refractivity contribution in [1.82, 2.24) is 0 Å². The lowest BCUT2D eigenvalue weighted by molar-refractivity contribution is -0.342. The quantitative estimate of drug-likeness (QED) is 0.320.